The van der Waals surface area contributed by atoms with Crippen LogP contribution in [0.4, 0.5) is 21.5 Å². The number of carbonyl (C=O) groups excluding carboxylic acids is 3. The summed E-state index contributed by atoms with van der Waals surface area (Å²) in [5.74, 6) is -0.853. The summed E-state index contributed by atoms with van der Waals surface area (Å²) in [6, 6.07) is 22.8. The van der Waals surface area contributed by atoms with E-state index in [1.165, 1.54) is 12.1 Å². The molecule has 0 aromatic heterocycles. The third-order valence-electron chi connectivity index (χ3n) is 7.47. The van der Waals surface area contributed by atoms with E-state index < -0.39 is 17.8 Å². The van der Waals surface area contributed by atoms with Crippen LogP contribution in [0, 0.1) is 5.82 Å². The van der Waals surface area contributed by atoms with Gasteiger partial charge in [0.2, 0.25) is 11.8 Å². The molecule has 0 bridgehead atoms. The highest BCUT2D eigenvalue weighted by Crippen LogP contribution is 2.35. The van der Waals surface area contributed by atoms with E-state index in [0.717, 1.165) is 36.1 Å². The fourth-order valence-corrected chi connectivity index (χ4v) is 6.17. The summed E-state index contributed by atoms with van der Waals surface area (Å²) < 4.78 is 14.0. The van der Waals surface area contributed by atoms with Gasteiger partial charge in [-0.05, 0) is 42.8 Å². The minimum atomic E-state index is -0.705. The lowest BCUT2D eigenvalue weighted by Crippen LogP contribution is -2.49. The van der Waals surface area contributed by atoms with Crippen LogP contribution in [0.15, 0.2) is 88.8 Å². The molecule has 3 aliphatic rings. The number of hydrogen-bond donors (Lipinski definition) is 1. The molecule has 0 saturated carbocycles. The summed E-state index contributed by atoms with van der Waals surface area (Å²) in [5.41, 5.74) is 2.60. The Morgan fingerprint density at radius 3 is 2.40 bits per heavy atom. The summed E-state index contributed by atoms with van der Waals surface area (Å²) in [5, 5.41) is 3.02. The number of piperazine rings is 1. The lowest BCUT2D eigenvalue weighted by atomic mass is 10.1. The molecule has 1 atom stereocenters. The SMILES string of the molecule is O=C(CSC1=Nc2ccccc2C2=NC(=O)C(CCC(=O)N3CCN(c4ccccc4)CC3)N12)Nc1ccccc1F. The first-order chi connectivity index (χ1) is 20.5. The first-order valence-electron chi connectivity index (χ1n) is 13.8. The minimum Gasteiger partial charge on any atom is -0.368 e. The Morgan fingerprint density at radius 1 is 0.905 bits per heavy atom. The van der Waals surface area contributed by atoms with Crippen molar-refractivity contribution in [1.29, 1.82) is 0 Å². The van der Waals surface area contributed by atoms with Crippen molar-refractivity contribution >= 4 is 57.5 Å². The van der Waals surface area contributed by atoms with Crippen molar-refractivity contribution in [3.63, 3.8) is 0 Å². The number of rotatable bonds is 7. The van der Waals surface area contributed by atoms with E-state index in [-0.39, 0.29) is 36.1 Å². The van der Waals surface area contributed by atoms with Crippen LogP contribution < -0.4 is 10.2 Å². The quantitative estimate of drug-likeness (QED) is 0.445. The maximum absolute atomic E-state index is 14.0. The van der Waals surface area contributed by atoms with Gasteiger partial charge in [0, 0.05) is 43.9 Å². The molecule has 1 fully saturated rings. The number of para-hydroxylation sites is 3. The van der Waals surface area contributed by atoms with E-state index in [9.17, 15) is 18.8 Å². The zero-order chi connectivity index (χ0) is 29.1. The van der Waals surface area contributed by atoms with E-state index in [1.54, 1.807) is 17.0 Å². The van der Waals surface area contributed by atoms with Gasteiger partial charge >= 0.3 is 0 Å². The van der Waals surface area contributed by atoms with Gasteiger partial charge in [-0.25, -0.2) is 9.38 Å². The molecule has 0 spiro atoms. The molecule has 11 heteroatoms. The van der Waals surface area contributed by atoms with Gasteiger partial charge in [-0.1, -0.05) is 54.2 Å². The predicted octanol–water partition coefficient (Wildman–Crippen LogP) is 4.29. The van der Waals surface area contributed by atoms with Crippen molar-refractivity contribution in [1.82, 2.24) is 9.80 Å². The van der Waals surface area contributed by atoms with Gasteiger partial charge in [-0.2, -0.15) is 4.99 Å². The maximum atomic E-state index is 14.0. The molecule has 0 radical (unpaired) electrons. The number of fused-ring (bicyclic) bond motifs is 3. The van der Waals surface area contributed by atoms with E-state index in [4.69, 9.17) is 4.99 Å². The Balaban J connectivity index is 1.12. The average molecular weight is 585 g/mol. The van der Waals surface area contributed by atoms with Gasteiger partial charge < -0.3 is 15.1 Å². The fraction of sp³-hybridized carbons (Fsp3) is 0.258. The third-order valence-corrected chi connectivity index (χ3v) is 8.43. The average Bonchev–Trinajstić information content (AvgIpc) is 3.36. The number of aliphatic imine (C=N–C) groups is 2. The zero-order valence-electron chi connectivity index (χ0n) is 22.8. The Kier molecular flexibility index (Phi) is 8.00. The third kappa shape index (κ3) is 5.78. The highest BCUT2D eigenvalue weighted by molar-refractivity contribution is 8.14. The van der Waals surface area contributed by atoms with Crippen molar-refractivity contribution in [2.75, 3.05) is 42.1 Å². The molecular weight excluding hydrogens is 555 g/mol. The smallest absolute Gasteiger partial charge is 0.270 e. The second-order valence-electron chi connectivity index (χ2n) is 10.1. The predicted molar refractivity (Wildman–Crippen MR) is 163 cm³/mol. The molecule has 3 aromatic rings. The summed E-state index contributed by atoms with van der Waals surface area (Å²) in [6.45, 7) is 2.73. The fourth-order valence-electron chi connectivity index (χ4n) is 5.33. The first-order valence-corrected chi connectivity index (χ1v) is 14.8. The summed E-state index contributed by atoms with van der Waals surface area (Å²) in [4.78, 5) is 54.0. The van der Waals surface area contributed by atoms with Crippen LogP contribution in [0.2, 0.25) is 0 Å². The van der Waals surface area contributed by atoms with E-state index in [2.05, 4.69) is 27.3 Å². The van der Waals surface area contributed by atoms with E-state index in [1.807, 2.05) is 47.4 Å². The standard InChI is InChI=1S/C31H29FN6O3S/c32-23-11-5-7-13-25(23)33-27(39)20-42-31-34-24-12-6-4-10-22(24)29-35-30(41)26(38(29)31)14-15-28(40)37-18-16-36(17-19-37)21-8-2-1-3-9-21/h1-13,26H,14-20H2,(H,33,39). The summed E-state index contributed by atoms with van der Waals surface area (Å²) in [7, 11) is 0. The molecule has 3 aliphatic heterocycles. The van der Waals surface area contributed by atoms with Gasteiger partial charge in [0.05, 0.1) is 17.1 Å². The zero-order valence-corrected chi connectivity index (χ0v) is 23.6. The Bertz CT molecular complexity index is 1570. The number of anilines is 2. The molecule has 3 amide bonds. The lowest BCUT2D eigenvalue weighted by Gasteiger charge is -2.36. The van der Waals surface area contributed by atoms with Crippen molar-refractivity contribution in [2.45, 2.75) is 18.9 Å². The molecule has 1 N–H and O–H groups in total. The number of benzene rings is 3. The van der Waals surface area contributed by atoms with Gasteiger partial charge in [-0.3, -0.25) is 19.3 Å². The van der Waals surface area contributed by atoms with Gasteiger partial charge in [0.1, 0.15) is 17.7 Å². The number of carbonyl (C=O) groups is 3. The van der Waals surface area contributed by atoms with Crippen molar-refractivity contribution in [3.8, 4) is 0 Å². The summed E-state index contributed by atoms with van der Waals surface area (Å²) >= 11 is 1.14. The van der Waals surface area contributed by atoms with Crippen LogP contribution >= 0.6 is 11.8 Å². The van der Waals surface area contributed by atoms with Crippen LogP contribution in [0.1, 0.15) is 18.4 Å². The van der Waals surface area contributed by atoms with E-state index in [0.29, 0.717) is 29.8 Å². The number of nitrogens with zero attached hydrogens (tertiary/aromatic N) is 5. The van der Waals surface area contributed by atoms with Gasteiger partial charge in [-0.15, -0.1) is 0 Å². The molecule has 1 saturated heterocycles. The molecule has 1 unspecified atom stereocenters. The number of thioether (sulfide) groups is 1. The molecule has 0 aliphatic carbocycles. The number of amides is 3. The molecule has 3 heterocycles. The monoisotopic (exact) mass is 584 g/mol. The normalized spacial score (nSPS) is 17.8. The van der Waals surface area contributed by atoms with Crippen LogP contribution in [-0.2, 0) is 14.4 Å². The maximum Gasteiger partial charge on any atom is 0.270 e. The largest absolute Gasteiger partial charge is 0.368 e. The molecule has 6 rings (SSSR count). The van der Waals surface area contributed by atoms with Crippen molar-refractivity contribution < 1.29 is 18.8 Å². The highest BCUT2D eigenvalue weighted by Gasteiger charge is 2.42. The number of amidine groups is 2. The highest BCUT2D eigenvalue weighted by atomic mass is 32.2. The Labute approximate surface area is 247 Å². The molecule has 214 valence electrons. The topological polar surface area (TPSA) is 97.7 Å². The van der Waals surface area contributed by atoms with Crippen molar-refractivity contribution in [3.05, 3.63) is 90.2 Å². The molecule has 42 heavy (non-hydrogen) atoms. The number of halogens is 1. The number of hydrogen-bond acceptors (Lipinski definition) is 7. The summed E-state index contributed by atoms with van der Waals surface area (Å²) in [6.07, 6.45) is 0.459. The van der Waals surface area contributed by atoms with Gasteiger partial charge in [0.15, 0.2) is 5.17 Å². The van der Waals surface area contributed by atoms with Gasteiger partial charge in [0.25, 0.3) is 5.91 Å². The second-order valence-corrected chi connectivity index (χ2v) is 11.1. The first kappa shape index (κ1) is 27.6. The van der Waals surface area contributed by atoms with E-state index >= 15 is 0 Å². The Morgan fingerprint density at radius 2 is 1.62 bits per heavy atom. The Hall–Kier alpha value is -4.51. The van der Waals surface area contributed by atoms with Crippen LogP contribution in [-0.4, -0.2) is 76.5 Å². The minimum absolute atomic E-state index is 0.00298. The molecule has 9 nitrogen and oxygen atoms in total. The van der Waals surface area contributed by atoms with Crippen LogP contribution in [0.5, 0.6) is 0 Å². The van der Waals surface area contributed by atoms with Crippen LogP contribution in [0.25, 0.3) is 0 Å². The lowest BCUT2D eigenvalue weighted by molar-refractivity contribution is -0.132. The molecular formula is C31H29FN6O3S. The number of nitrogens with one attached hydrogen (secondary N) is 1. The second kappa shape index (κ2) is 12.2. The molecule has 3 aromatic carbocycles. The van der Waals surface area contributed by atoms with Crippen molar-refractivity contribution in [2.24, 2.45) is 9.98 Å². The van der Waals surface area contributed by atoms with Crippen LogP contribution in [0.3, 0.4) is 0 Å².